The van der Waals surface area contributed by atoms with E-state index in [0.717, 1.165) is 13.2 Å². The second kappa shape index (κ2) is 5.28. The highest BCUT2D eigenvalue weighted by Gasteiger charge is 1.97. The van der Waals surface area contributed by atoms with E-state index < -0.39 is 9.20 Å². The van der Waals surface area contributed by atoms with Gasteiger partial charge in [0.2, 0.25) is 9.20 Å². The minimum Gasteiger partial charge on any atom is -0.406 e. The molecule has 0 fully saturated rings. The Kier molecular flexibility index (Phi) is 5.37. The Labute approximate surface area is 53.0 Å². The van der Waals surface area contributed by atoms with Crippen LogP contribution in [0.1, 0.15) is 13.8 Å². The van der Waals surface area contributed by atoms with Crippen LogP contribution in [-0.2, 0) is 4.43 Å². The summed E-state index contributed by atoms with van der Waals surface area (Å²) >= 11 is 0. The van der Waals surface area contributed by atoms with Crippen molar-refractivity contribution in [3.63, 3.8) is 0 Å². The van der Waals surface area contributed by atoms with Gasteiger partial charge in [-0.15, -0.1) is 0 Å². The fraction of sp³-hybridized carbons (Fsp3) is 1.00. The third kappa shape index (κ3) is 4.30. The minimum atomic E-state index is -0.952. The third-order valence-corrected chi connectivity index (χ3v) is 2.72. The molecule has 0 aromatic carbocycles. The molecule has 0 aliphatic rings. The van der Waals surface area contributed by atoms with E-state index in [1.165, 1.54) is 0 Å². The molecule has 0 saturated heterocycles. The molecule has 0 bridgehead atoms. The summed E-state index contributed by atoms with van der Waals surface area (Å²) < 4.78 is 5.31. The lowest BCUT2D eigenvalue weighted by molar-refractivity contribution is 0.338. The Balaban J connectivity index is 2.92. The van der Waals surface area contributed by atoms with Crippen molar-refractivity contribution in [2.75, 3.05) is 13.2 Å². The van der Waals surface area contributed by atoms with Gasteiger partial charge in [-0.2, -0.15) is 0 Å². The summed E-state index contributed by atoms with van der Waals surface area (Å²) in [4.78, 5) is 3.26. The van der Waals surface area contributed by atoms with E-state index in [9.17, 15) is 0 Å². The zero-order chi connectivity index (χ0) is 6.41. The molecule has 0 spiro atoms. The van der Waals surface area contributed by atoms with Crippen molar-refractivity contribution >= 4 is 9.20 Å². The van der Waals surface area contributed by atoms with Gasteiger partial charge in [0, 0.05) is 6.61 Å². The summed E-state index contributed by atoms with van der Waals surface area (Å²) in [5.41, 5.74) is 0. The molecular formula is C5H15NOSi. The lowest BCUT2D eigenvalue weighted by Gasteiger charge is -2.08. The zero-order valence-electron chi connectivity index (χ0n) is 5.90. The number of rotatable bonds is 4. The molecule has 0 aromatic rings. The van der Waals surface area contributed by atoms with Gasteiger partial charge in [-0.05, 0) is 20.0 Å². The second-order valence-corrected chi connectivity index (χ2v) is 3.68. The fourth-order valence-corrected chi connectivity index (χ4v) is 1.79. The average Bonchev–Trinajstić information content (AvgIpc) is 1.68. The molecular weight excluding hydrogens is 118 g/mol. The van der Waals surface area contributed by atoms with Crippen LogP contribution in [0.3, 0.4) is 0 Å². The van der Waals surface area contributed by atoms with E-state index in [2.05, 4.69) is 18.5 Å². The van der Waals surface area contributed by atoms with Crippen LogP contribution in [0.2, 0.25) is 6.55 Å². The largest absolute Gasteiger partial charge is 0.406 e. The van der Waals surface area contributed by atoms with E-state index >= 15 is 0 Å². The van der Waals surface area contributed by atoms with E-state index in [0.29, 0.717) is 0 Å². The highest BCUT2D eigenvalue weighted by molar-refractivity contribution is 6.47. The fourth-order valence-electron chi connectivity index (χ4n) is 0.596. The molecule has 8 heavy (non-hydrogen) atoms. The van der Waals surface area contributed by atoms with Crippen molar-refractivity contribution < 1.29 is 4.43 Å². The second-order valence-electron chi connectivity index (χ2n) is 1.66. The summed E-state index contributed by atoms with van der Waals surface area (Å²) in [7, 11) is -0.952. The standard InChI is InChI=1S/C5H15NOSi/c1-4-6-8(3)7-5-2/h6,8H,4-5H2,1-3H3. The zero-order valence-corrected chi connectivity index (χ0v) is 7.05. The maximum absolute atomic E-state index is 5.31. The van der Waals surface area contributed by atoms with Crippen LogP contribution >= 0.6 is 0 Å². The van der Waals surface area contributed by atoms with Crippen LogP contribution in [0.15, 0.2) is 0 Å². The highest BCUT2D eigenvalue weighted by Crippen LogP contribution is 1.77. The first-order valence-corrected chi connectivity index (χ1v) is 5.36. The normalized spacial score (nSPS) is 13.9. The van der Waals surface area contributed by atoms with Crippen molar-refractivity contribution in [3.05, 3.63) is 0 Å². The Morgan fingerprint density at radius 2 is 2.12 bits per heavy atom. The minimum absolute atomic E-state index is 0.848. The summed E-state index contributed by atoms with van der Waals surface area (Å²) in [6.07, 6.45) is 0. The highest BCUT2D eigenvalue weighted by atomic mass is 28.3. The van der Waals surface area contributed by atoms with Gasteiger partial charge in [-0.25, -0.2) is 0 Å². The van der Waals surface area contributed by atoms with Crippen molar-refractivity contribution in [1.82, 2.24) is 4.98 Å². The van der Waals surface area contributed by atoms with Crippen molar-refractivity contribution in [3.8, 4) is 0 Å². The molecule has 1 atom stereocenters. The first kappa shape index (κ1) is 8.14. The van der Waals surface area contributed by atoms with Crippen LogP contribution in [0.4, 0.5) is 0 Å². The molecule has 3 heteroatoms. The number of hydrogen-bond acceptors (Lipinski definition) is 2. The molecule has 1 unspecified atom stereocenters. The predicted octanol–water partition coefficient (Wildman–Crippen LogP) is 0.483. The van der Waals surface area contributed by atoms with E-state index in [1.807, 2.05) is 6.92 Å². The lowest BCUT2D eigenvalue weighted by atomic mass is 10.8. The lowest BCUT2D eigenvalue weighted by Crippen LogP contribution is -2.33. The maximum atomic E-state index is 5.31. The van der Waals surface area contributed by atoms with Crippen LogP contribution in [0, 0.1) is 0 Å². The Bertz CT molecular complexity index is 45.7. The van der Waals surface area contributed by atoms with Gasteiger partial charge in [0.1, 0.15) is 0 Å². The summed E-state index contributed by atoms with van der Waals surface area (Å²) in [6, 6.07) is 0. The van der Waals surface area contributed by atoms with E-state index in [4.69, 9.17) is 4.43 Å². The Morgan fingerprint density at radius 1 is 1.50 bits per heavy atom. The first-order chi connectivity index (χ1) is 3.81. The van der Waals surface area contributed by atoms with Crippen LogP contribution < -0.4 is 4.98 Å². The van der Waals surface area contributed by atoms with Gasteiger partial charge >= 0.3 is 0 Å². The van der Waals surface area contributed by atoms with Crippen molar-refractivity contribution in [2.24, 2.45) is 0 Å². The summed E-state index contributed by atoms with van der Waals surface area (Å²) in [5.74, 6) is 0. The number of hydrogen-bond donors (Lipinski definition) is 1. The molecule has 0 amide bonds. The monoisotopic (exact) mass is 133 g/mol. The quantitative estimate of drug-likeness (QED) is 0.563. The molecule has 0 aliphatic heterocycles. The molecule has 50 valence electrons. The molecule has 0 aliphatic carbocycles. The molecule has 0 radical (unpaired) electrons. The topological polar surface area (TPSA) is 21.3 Å². The third-order valence-electron chi connectivity index (χ3n) is 0.908. The molecule has 1 N–H and O–H groups in total. The van der Waals surface area contributed by atoms with Crippen LogP contribution in [0.25, 0.3) is 0 Å². The van der Waals surface area contributed by atoms with Gasteiger partial charge in [-0.1, -0.05) is 6.92 Å². The van der Waals surface area contributed by atoms with Gasteiger partial charge in [0.15, 0.2) is 0 Å². The van der Waals surface area contributed by atoms with Crippen molar-refractivity contribution in [2.45, 2.75) is 20.4 Å². The SMILES string of the molecule is CCN[SiH](C)OCC. The van der Waals surface area contributed by atoms with Crippen LogP contribution in [0.5, 0.6) is 0 Å². The van der Waals surface area contributed by atoms with Crippen LogP contribution in [-0.4, -0.2) is 22.4 Å². The van der Waals surface area contributed by atoms with Gasteiger partial charge in [0.05, 0.1) is 0 Å². The van der Waals surface area contributed by atoms with Gasteiger partial charge < -0.3 is 9.41 Å². The van der Waals surface area contributed by atoms with Gasteiger partial charge in [0.25, 0.3) is 0 Å². The molecule has 0 aromatic heterocycles. The number of nitrogens with one attached hydrogen (secondary N) is 1. The predicted molar refractivity (Wildman–Crippen MR) is 38.3 cm³/mol. The molecule has 0 rings (SSSR count). The molecule has 0 saturated carbocycles. The van der Waals surface area contributed by atoms with Gasteiger partial charge in [-0.3, -0.25) is 0 Å². The first-order valence-electron chi connectivity index (χ1n) is 3.16. The van der Waals surface area contributed by atoms with Crippen molar-refractivity contribution in [1.29, 1.82) is 0 Å². The average molecular weight is 133 g/mol. The summed E-state index contributed by atoms with van der Waals surface area (Å²) in [5, 5.41) is 0. The molecule has 0 heterocycles. The van der Waals surface area contributed by atoms with E-state index in [1.54, 1.807) is 0 Å². The summed E-state index contributed by atoms with van der Waals surface area (Å²) in [6.45, 7) is 8.16. The molecule has 2 nitrogen and oxygen atoms in total. The van der Waals surface area contributed by atoms with E-state index in [-0.39, 0.29) is 0 Å². The Morgan fingerprint density at radius 3 is 2.50 bits per heavy atom. The Hall–Kier alpha value is 0.137. The maximum Gasteiger partial charge on any atom is 0.249 e. The smallest absolute Gasteiger partial charge is 0.249 e.